The summed E-state index contributed by atoms with van der Waals surface area (Å²) in [7, 11) is 1.55. The zero-order valence-corrected chi connectivity index (χ0v) is 28.1. The van der Waals surface area contributed by atoms with Crippen molar-refractivity contribution in [1.82, 2.24) is 19.6 Å². The van der Waals surface area contributed by atoms with Gasteiger partial charge < -0.3 is 14.5 Å². The van der Waals surface area contributed by atoms with Crippen LogP contribution in [-0.2, 0) is 31.3 Å². The second kappa shape index (κ2) is 14.5. The van der Waals surface area contributed by atoms with Crippen LogP contribution >= 0.6 is 0 Å². The summed E-state index contributed by atoms with van der Waals surface area (Å²) in [6, 6.07) is 37.9. The molecule has 9 nitrogen and oxygen atoms in total. The standard InChI is InChI=1S/C40H42N4O5/c1-29(2)36(38(47)49-28-30-16-8-4-9-17-30)41(3)39(48)42-24-25-43(35(45)27-42)37(46)34-26-44(34)40(31-18-10-5-11-19-31,32-20-12-6-13-21-32)33-22-14-7-15-23-33/h4-23,29,34,36H,24-28H2,1-3H3/t34?,36?,44-/m1/s1. The van der Waals surface area contributed by atoms with E-state index in [4.69, 9.17) is 4.74 Å². The van der Waals surface area contributed by atoms with Crippen molar-refractivity contribution >= 4 is 23.8 Å². The number of piperazine rings is 1. The minimum absolute atomic E-state index is 0.0708. The average Bonchev–Trinajstić information content (AvgIpc) is 3.93. The van der Waals surface area contributed by atoms with E-state index in [0.717, 1.165) is 22.3 Å². The molecule has 0 bridgehead atoms. The Balaban J connectivity index is 1.17. The maximum absolute atomic E-state index is 14.1. The predicted octanol–water partition coefficient (Wildman–Crippen LogP) is 5.15. The minimum atomic E-state index is -0.840. The van der Waals surface area contributed by atoms with E-state index in [1.165, 1.54) is 14.7 Å². The van der Waals surface area contributed by atoms with Crippen LogP contribution in [0, 0.1) is 5.92 Å². The molecular weight excluding hydrogens is 616 g/mol. The van der Waals surface area contributed by atoms with Crippen molar-refractivity contribution < 1.29 is 23.9 Å². The van der Waals surface area contributed by atoms with Crippen molar-refractivity contribution in [2.24, 2.45) is 5.92 Å². The molecular formula is C40H42N4O5. The van der Waals surface area contributed by atoms with Gasteiger partial charge in [-0.3, -0.25) is 19.4 Å². The number of hydrogen-bond acceptors (Lipinski definition) is 6. The first kappa shape index (κ1) is 33.6. The fourth-order valence-corrected chi connectivity index (χ4v) is 7.04. The first-order chi connectivity index (χ1) is 23.7. The van der Waals surface area contributed by atoms with Gasteiger partial charge in [0.15, 0.2) is 0 Å². The van der Waals surface area contributed by atoms with Gasteiger partial charge in [-0.05, 0) is 28.2 Å². The number of ether oxygens (including phenoxy) is 1. The lowest BCUT2D eigenvalue weighted by Gasteiger charge is -2.39. The van der Waals surface area contributed by atoms with Crippen molar-refractivity contribution in [1.29, 1.82) is 0 Å². The molecule has 0 saturated carbocycles. The number of hydrogen-bond donors (Lipinski definition) is 0. The average molecular weight is 659 g/mol. The van der Waals surface area contributed by atoms with Gasteiger partial charge in [0.05, 0.1) is 5.54 Å². The number of imide groups is 1. The Kier molecular flexibility index (Phi) is 9.92. The molecule has 3 atom stereocenters. The van der Waals surface area contributed by atoms with Gasteiger partial charge >= 0.3 is 12.0 Å². The Morgan fingerprint density at radius 3 is 1.73 bits per heavy atom. The monoisotopic (exact) mass is 658 g/mol. The third kappa shape index (κ3) is 6.71. The van der Waals surface area contributed by atoms with Crippen LogP contribution in [0.3, 0.4) is 0 Å². The van der Waals surface area contributed by atoms with Crippen LogP contribution in [0.5, 0.6) is 0 Å². The van der Waals surface area contributed by atoms with Crippen molar-refractivity contribution in [3.8, 4) is 0 Å². The van der Waals surface area contributed by atoms with Gasteiger partial charge in [0.1, 0.15) is 25.2 Å². The lowest BCUT2D eigenvalue weighted by molar-refractivity contribution is -0.151. The van der Waals surface area contributed by atoms with Crippen LogP contribution < -0.4 is 0 Å². The molecule has 2 heterocycles. The Morgan fingerprint density at radius 2 is 1.27 bits per heavy atom. The van der Waals surface area contributed by atoms with Crippen molar-refractivity contribution in [2.75, 3.05) is 33.2 Å². The Hall–Kier alpha value is -5.28. The molecule has 2 saturated heterocycles. The van der Waals surface area contributed by atoms with Crippen LogP contribution in [0.1, 0.15) is 36.1 Å². The summed E-state index contributed by atoms with van der Waals surface area (Å²) in [5, 5.41) is 0. The topological polar surface area (TPSA) is 90.2 Å². The number of likely N-dealkylation sites (N-methyl/N-ethyl adjacent to an activating group) is 1. The molecule has 0 N–H and O–H groups in total. The molecule has 4 amide bonds. The summed E-state index contributed by atoms with van der Waals surface area (Å²) < 4.78 is 5.57. The van der Waals surface area contributed by atoms with E-state index in [0.29, 0.717) is 6.54 Å². The number of benzene rings is 4. The third-order valence-electron chi connectivity index (χ3n) is 9.48. The minimum Gasteiger partial charge on any atom is -0.459 e. The Bertz CT molecular complexity index is 1670. The van der Waals surface area contributed by atoms with Crippen LogP contribution in [0.25, 0.3) is 0 Å². The normalized spacial score (nSPS) is 18.2. The third-order valence-corrected chi connectivity index (χ3v) is 9.48. The van der Waals surface area contributed by atoms with E-state index in [1.54, 1.807) is 7.05 Å². The fourth-order valence-electron chi connectivity index (χ4n) is 7.04. The molecule has 2 unspecified atom stereocenters. The van der Waals surface area contributed by atoms with Crippen molar-refractivity contribution in [2.45, 2.75) is 38.1 Å². The van der Waals surface area contributed by atoms with Crippen LogP contribution in [0.4, 0.5) is 4.79 Å². The zero-order valence-electron chi connectivity index (χ0n) is 28.1. The maximum Gasteiger partial charge on any atom is 0.329 e. The first-order valence-corrected chi connectivity index (χ1v) is 16.7. The second-order valence-corrected chi connectivity index (χ2v) is 13.0. The summed E-state index contributed by atoms with van der Waals surface area (Å²) in [4.78, 5) is 60.6. The predicted molar refractivity (Wildman–Crippen MR) is 186 cm³/mol. The van der Waals surface area contributed by atoms with E-state index >= 15 is 0 Å². The molecule has 2 aliphatic heterocycles. The lowest BCUT2D eigenvalue weighted by Crippen LogP contribution is -2.59. The van der Waals surface area contributed by atoms with Gasteiger partial charge in [-0.1, -0.05) is 135 Å². The molecule has 2 aliphatic rings. The molecule has 0 radical (unpaired) electrons. The highest BCUT2D eigenvalue weighted by molar-refractivity contribution is 6.01. The lowest BCUT2D eigenvalue weighted by atomic mass is 9.76. The van der Waals surface area contributed by atoms with Gasteiger partial charge in [-0.25, -0.2) is 9.59 Å². The second-order valence-electron chi connectivity index (χ2n) is 13.0. The van der Waals surface area contributed by atoms with E-state index in [9.17, 15) is 19.2 Å². The highest BCUT2D eigenvalue weighted by Crippen LogP contribution is 2.48. The van der Waals surface area contributed by atoms with E-state index in [1.807, 2.05) is 98.8 Å². The Labute approximate surface area is 287 Å². The zero-order chi connectivity index (χ0) is 34.5. The molecule has 4 aromatic rings. The largest absolute Gasteiger partial charge is 0.459 e. The molecule has 4 aromatic carbocycles. The SMILES string of the molecule is CC(C)C(C(=O)OCc1ccccc1)N(C)C(=O)N1CCN(C(=O)C2C[N@@]2C(c2ccccc2)(c2ccccc2)c2ccccc2)C(=O)C1. The number of urea groups is 1. The van der Waals surface area contributed by atoms with E-state index < -0.39 is 35.5 Å². The Morgan fingerprint density at radius 1 is 0.776 bits per heavy atom. The quantitative estimate of drug-likeness (QED) is 0.101. The number of carbonyl (C=O) groups excluding carboxylic acids is 4. The van der Waals surface area contributed by atoms with Crippen molar-refractivity contribution in [3.63, 3.8) is 0 Å². The van der Waals surface area contributed by atoms with E-state index in [-0.39, 0.29) is 38.1 Å². The maximum atomic E-state index is 14.1. The molecule has 49 heavy (non-hydrogen) atoms. The molecule has 0 aromatic heterocycles. The number of amides is 4. The summed E-state index contributed by atoms with van der Waals surface area (Å²) in [6.45, 7) is 4.24. The first-order valence-electron chi connectivity index (χ1n) is 16.7. The summed E-state index contributed by atoms with van der Waals surface area (Å²) in [5.41, 5.74) is 3.16. The van der Waals surface area contributed by atoms with Gasteiger partial charge in [-0.2, -0.15) is 0 Å². The number of nitrogens with zero attached hydrogens (tertiary/aromatic N) is 4. The summed E-state index contributed by atoms with van der Waals surface area (Å²) in [6.07, 6.45) is 0. The molecule has 0 aliphatic carbocycles. The van der Waals surface area contributed by atoms with Gasteiger partial charge in [-0.15, -0.1) is 0 Å². The van der Waals surface area contributed by atoms with Crippen LogP contribution in [0.2, 0.25) is 0 Å². The van der Waals surface area contributed by atoms with Crippen LogP contribution in [-0.4, -0.2) is 88.7 Å². The number of carbonyl (C=O) groups is 4. The van der Waals surface area contributed by atoms with Crippen LogP contribution in [0.15, 0.2) is 121 Å². The molecule has 252 valence electrons. The van der Waals surface area contributed by atoms with Gasteiger partial charge in [0.25, 0.3) is 0 Å². The molecule has 0 spiro atoms. The summed E-state index contributed by atoms with van der Waals surface area (Å²) in [5.74, 6) is -1.46. The van der Waals surface area contributed by atoms with E-state index in [2.05, 4.69) is 41.3 Å². The fraction of sp³-hybridized carbons (Fsp3) is 0.300. The molecule has 6 rings (SSSR count). The number of rotatable bonds is 10. The van der Waals surface area contributed by atoms with Gasteiger partial charge in [0.2, 0.25) is 11.8 Å². The highest BCUT2D eigenvalue weighted by atomic mass is 16.5. The number of esters is 1. The summed E-state index contributed by atoms with van der Waals surface area (Å²) >= 11 is 0. The van der Waals surface area contributed by atoms with Crippen molar-refractivity contribution in [3.05, 3.63) is 144 Å². The van der Waals surface area contributed by atoms with Gasteiger partial charge in [0, 0.05) is 26.7 Å². The molecule has 9 heteroatoms. The smallest absolute Gasteiger partial charge is 0.329 e. The highest BCUT2D eigenvalue weighted by Gasteiger charge is 2.57. The molecule has 2 fully saturated rings.